The highest BCUT2D eigenvalue weighted by molar-refractivity contribution is 6.23. The van der Waals surface area contributed by atoms with Crippen molar-refractivity contribution in [1.82, 2.24) is 4.90 Å². The molecule has 1 aliphatic rings. The van der Waals surface area contributed by atoms with Crippen LogP contribution in [-0.2, 0) is 0 Å². The van der Waals surface area contributed by atoms with Crippen LogP contribution in [0.5, 0.6) is 0 Å². The number of halogens is 1. The minimum Gasteiger partial charge on any atom is -0.268 e. The van der Waals surface area contributed by atoms with E-state index in [0.717, 1.165) is 16.0 Å². The van der Waals surface area contributed by atoms with Gasteiger partial charge in [0.25, 0.3) is 11.8 Å². The Hall–Kier alpha value is -2.75. The van der Waals surface area contributed by atoms with Crippen LogP contribution in [0.15, 0.2) is 42.6 Å². The maximum absolute atomic E-state index is 12.9. The van der Waals surface area contributed by atoms with Crippen LogP contribution in [0.1, 0.15) is 37.4 Å². The number of aryl methyl sites for hydroxylation is 2. The standard InChI is InChI=1S/C18H14FNO2/c1-11-3-4-12(2)16-15(11)17(21)20(18(16)22)10-9-13-5-7-14(19)8-6-13/h3-10H,1-2H3/b10-9+. The lowest BCUT2D eigenvalue weighted by Gasteiger charge is -2.07. The molecule has 22 heavy (non-hydrogen) atoms. The molecule has 0 saturated heterocycles. The number of imide groups is 1. The van der Waals surface area contributed by atoms with Crippen LogP contribution in [0.4, 0.5) is 4.39 Å². The Labute approximate surface area is 127 Å². The topological polar surface area (TPSA) is 37.4 Å². The highest BCUT2D eigenvalue weighted by Gasteiger charge is 2.36. The molecule has 110 valence electrons. The molecular formula is C18H14FNO2. The first-order valence-electron chi connectivity index (χ1n) is 6.91. The average Bonchev–Trinajstić information content (AvgIpc) is 2.75. The van der Waals surface area contributed by atoms with E-state index in [1.807, 2.05) is 26.0 Å². The van der Waals surface area contributed by atoms with E-state index in [1.54, 1.807) is 18.2 Å². The van der Waals surface area contributed by atoms with Gasteiger partial charge in [0.05, 0.1) is 11.1 Å². The van der Waals surface area contributed by atoms with Gasteiger partial charge in [-0.15, -0.1) is 0 Å². The Morgan fingerprint density at radius 2 is 1.36 bits per heavy atom. The number of rotatable bonds is 2. The maximum atomic E-state index is 12.9. The average molecular weight is 295 g/mol. The normalized spacial score (nSPS) is 14.0. The van der Waals surface area contributed by atoms with Crippen molar-refractivity contribution >= 4 is 17.9 Å². The van der Waals surface area contributed by atoms with Crippen molar-refractivity contribution in [3.63, 3.8) is 0 Å². The zero-order chi connectivity index (χ0) is 15.9. The second-order valence-corrected chi connectivity index (χ2v) is 5.30. The van der Waals surface area contributed by atoms with Crippen molar-refractivity contribution in [3.8, 4) is 0 Å². The van der Waals surface area contributed by atoms with Crippen molar-refractivity contribution < 1.29 is 14.0 Å². The molecule has 1 aliphatic heterocycles. The summed E-state index contributed by atoms with van der Waals surface area (Å²) in [6.07, 6.45) is 3.06. The van der Waals surface area contributed by atoms with E-state index in [2.05, 4.69) is 0 Å². The van der Waals surface area contributed by atoms with Gasteiger partial charge in [-0.3, -0.25) is 9.59 Å². The smallest absolute Gasteiger partial charge is 0.265 e. The second kappa shape index (κ2) is 5.22. The lowest BCUT2D eigenvalue weighted by atomic mass is 9.99. The zero-order valence-corrected chi connectivity index (χ0v) is 12.3. The molecule has 0 spiro atoms. The number of hydrogen-bond acceptors (Lipinski definition) is 2. The quantitative estimate of drug-likeness (QED) is 0.792. The third-order valence-electron chi connectivity index (χ3n) is 3.77. The molecular weight excluding hydrogens is 281 g/mol. The number of carbonyl (C=O) groups excluding carboxylic acids is 2. The molecule has 0 atom stereocenters. The molecule has 0 bridgehead atoms. The van der Waals surface area contributed by atoms with Crippen molar-refractivity contribution in [3.05, 3.63) is 76.2 Å². The summed E-state index contributed by atoms with van der Waals surface area (Å²) in [5, 5.41) is 0. The fraction of sp³-hybridized carbons (Fsp3) is 0.111. The molecule has 3 rings (SSSR count). The predicted octanol–water partition coefficient (Wildman–Crippen LogP) is 3.71. The lowest BCUT2D eigenvalue weighted by molar-refractivity contribution is 0.0722. The molecule has 2 aromatic rings. The van der Waals surface area contributed by atoms with Gasteiger partial charge in [-0.2, -0.15) is 0 Å². The fourth-order valence-corrected chi connectivity index (χ4v) is 2.57. The number of hydrogen-bond donors (Lipinski definition) is 0. The third kappa shape index (κ3) is 2.22. The number of carbonyl (C=O) groups is 2. The van der Waals surface area contributed by atoms with E-state index >= 15 is 0 Å². The van der Waals surface area contributed by atoms with Crippen molar-refractivity contribution in [1.29, 1.82) is 0 Å². The first-order chi connectivity index (χ1) is 10.5. The Bertz CT molecular complexity index is 766. The van der Waals surface area contributed by atoms with Crippen molar-refractivity contribution in [2.45, 2.75) is 13.8 Å². The Balaban J connectivity index is 1.96. The molecule has 3 nitrogen and oxygen atoms in total. The largest absolute Gasteiger partial charge is 0.268 e. The van der Waals surface area contributed by atoms with E-state index in [9.17, 15) is 14.0 Å². The molecule has 2 amide bonds. The summed E-state index contributed by atoms with van der Waals surface area (Å²) in [6, 6.07) is 9.51. The van der Waals surface area contributed by atoms with Gasteiger partial charge in [0.1, 0.15) is 5.82 Å². The lowest BCUT2D eigenvalue weighted by Crippen LogP contribution is -2.23. The monoisotopic (exact) mass is 295 g/mol. The number of benzene rings is 2. The molecule has 0 saturated carbocycles. The van der Waals surface area contributed by atoms with Crippen LogP contribution >= 0.6 is 0 Å². The highest BCUT2D eigenvalue weighted by atomic mass is 19.1. The van der Waals surface area contributed by atoms with Crippen LogP contribution in [0.2, 0.25) is 0 Å². The fourth-order valence-electron chi connectivity index (χ4n) is 2.57. The molecule has 0 N–H and O–H groups in total. The highest BCUT2D eigenvalue weighted by Crippen LogP contribution is 2.29. The summed E-state index contributed by atoms with van der Waals surface area (Å²) in [6.45, 7) is 3.63. The molecule has 0 unspecified atom stereocenters. The minimum atomic E-state index is -0.330. The number of nitrogens with zero attached hydrogens (tertiary/aromatic N) is 1. The van der Waals surface area contributed by atoms with E-state index in [0.29, 0.717) is 16.7 Å². The van der Waals surface area contributed by atoms with Gasteiger partial charge in [-0.1, -0.05) is 24.3 Å². The second-order valence-electron chi connectivity index (χ2n) is 5.30. The van der Waals surface area contributed by atoms with Crippen LogP contribution in [0.3, 0.4) is 0 Å². The van der Waals surface area contributed by atoms with Gasteiger partial charge in [0.2, 0.25) is 0 Å². The molecule has 0 aliphatic carbocycles. The first kappa shape index (κ1) is 14.2. The first-order valence-corrected chi connectivity index (χ1v) is 6.91. The van der Waals surface area contributed by atoms with E-state index in [4.69, 9.17) is 0 Å². The summed E-state index contributed by atoms with van der Waals surface area (Å²) in [5.74, 6) is -0.969. The zero-order valence-electron chi connectivity index (χ0n) is 12.3. The third-order valence-corrected chi connectivity index (χ3v) is 3.77. The van der Waals surface area contributed by atoms with Crippen molar-refractivity contribution in [2.75, 3.05) is 0 Å². The van der Waals surface area contributed by atoms with Gasteiger partial charge < -0.3 is 0 Å². The van der Waals surface area contributed by atoms with E-state index < -0.39 is 0 Å². The van der Waals surface area contributed by atoms with Gasteiger partial charge in [0.15, 0.2) is 0 Å². The summed E-state index contributed by atoms with van der Waals surface area (Å²) in [5.41, 5.74) is 3.22. The summed E-state index contributed by atoms with van der Waals surface area (Å²) < 4.78 is 12.9. The van der Waals surface area contributed by atoms with Crippen LogP contribution in [0.25, 0.3) is 6.08 Å². The van der Waals surface area contributed by atoms with Gasteiger partial charge in [0, 0.05) is 6.20 Å². The van der Waals surface area contributed by atoms with Gasteiger partial charge in [-0.05, 0) is 48.7 Å². The van der Waals surface area contributed by atoms with Crippen molar-refractivity contribution in [2.24, 2.45) is 0 Å². The maximum Gasteiger partial charge on any atom is 0.265 e. The van der Waals surface area contributed by atoms with Crippen LogP contribution < -0.4 is 0 Å². The Kier molecular flexibility index (Phi) is 3.37. The summed E-state index contributed by atoms with van der Waals surface area (Å²) in [4.78, 5) is 26.0. The molecule has 0 radical (unpaired) electrons. The van der Waals surface area contributed by atoms with Gasteiger partial charge >= 0.3 is 0 Å². The summed E-state index contributed by atoms with van der Waals surface area (Å²) >= 11 is 0. The Morgan fingerprint density at radius 3 is 1.86 bits per heavy atom. The molecule has 1 heterocycles. The predicted molar refractivity (Wildman–Crippen MR) is 81.9 cm³/mol. The molecule has 0 fully saturated rings. The van der Waals surface area contributed by atoms with Crippen LogP contribution in [0, 0.1) is 19.7 Å². The number of amides is 2. The van der Waals surface area contributed by atoms with Gasteiger partial charge in [-0.25, -0.2) is 9.29 Å². The van der Waals surface area contributed by atoms with E-state index in [-0.39, 0.29) is 17.6 Å². The SMILES string of the molecule is Cc1ccc(C)c2c1C(=O)N(/C=C/c1ccc(F)cc1)C2=O. The van der Waals surface area contributed by atoms with E-state index in [1.165, 1.54) is 18.3 Å². The Morgan fingerprint density at radius 1 is 0.864 bits per heavy atom. The van der Waals surface area contributed by atoms with Crippen LogP contribution in [-0.4, -0.2) is 16.7 Å². The number of fused-ring (bicyclic) bond motifs is 1. The molecule has 4 heteroatoms. The summed E-state index contributed by atoms with van der Waals surface area (Å²) in [7, 11) is 0. The molecule has 0 aromatic heterocycles. The minimum absolute atomic E-state index is 0.320. The molecule has 2 aromatic carbocycles.